The number of methoxy groups -OCH3 is 1. The monoisotopic (exact) mass is 312 g/mol. The van der Waals surface area contributed by atoms with E-state index in [0.717, 1.165) is 0 Å². The van der Waals surface area contributed by atoms with Gasteiger partial charge in [-0.25, -0.2) is 0 Å². The number of hydrogen-bond donors (Lipinski definition) is 0. The first-order chi connectivity index (χ1) is 11.2. The van der Waals surface area contributed by atoms with Gasteiger partial charge in [-0.2, -0.15) is 15.8 Å². The van der Waals surface area contributed by atoms with Crippen molar-refractivity contribution >= 4 is 5.91 Å². The molecule has 0 aromatic heterocycles. The molecular weight excluding hydrogens is 296 g/mol. The summed E-state index contributed by atoms with van der Waals surface area (Å²) >= 11 is 0. The van der Waals surface area contributed by atoms with E-state index in [1.165, 1.54) is 18.1 Å². The molecule has 0 saturated heterocycles. The molecule has 23 heavy (non-hydrogen) atoms. The summed E-state index contributed by atoms with van der Waals surface area (Å²) in [6, 6.07) is 10.6. The maximum absolute atomic E-state index is 12.1. The van der Waals surface area contributed by atoms with Crippen molar-refractivity contribution in [3.05, 3.63) is 23.8 Å². The first-order valence-electron chi connectivity index (χ1n) is 6.88. The van der Waals surface area contributed by atoms with Gasteiger partial charge in [-0.05, 0) is 12.1 Å². The third kappa shape index (κ3) is 5.57. The number of nitrogens with zero attached hydrogens (tertiary/aromatic N) is 4. The summed E-state index contributed by atoms with van der Waals surface area (Å²) in [4.78, 5) is 13.6. The Morgan fingerprint density at radius 2 is 1.78 bits per heavy atom. The van der Waals surface area contributed by atoms with Crippen molar-refractivity contribution in [1.82, 2.24) is 4.90 Å². The van der Waals surface area contributed by atoms with Gasteiger partial charge in [0, 0.05) is 19.2 Å². The minimum Gasteiger partial charge on any atom is -0.493 e. The van der Waals surface area contributed by atoms with E-state index >= 15 is 0 Å². The van der Waals surface area contributed by atoms with E-state index in [0.29, 0.717) is 17.1 Å². The molecule has 1 aromatic carbocycles. The molecular formula is C16H16N4O3. The van der Waals surface area contributed by atoms with Crippen molar-refractivity contribution in [3.8, 4) is 29.7 Å². The highest BCUT2D eigenvalue weighted by Gasteiger charge is 2.15. The lowest BCUT2D eigenvalue weighted by Crippen LogP contribution is -2.36. The molecule has 0 atom stereocenters. The van der Waals surface area contributed by atoms with Crippen LogP contribution in [0.25, 0.3) is 0 Å². The van der Waals surface area contributed by atoms with Crippen molar-refractivity contribution in [1.29, 1.82) is 15.8 Å². The van der Waals surface area contributed by atoms with Crippen LogP contribution >= 0.6 is 0 Å². The van der Waals surface area contributed by atoms with Crippen LogP contribution in [0.1, 0.15) is 18.4 Å². The quantitative estimate of drug-likeness (QED) is 0.721. The average Bonchev–Trinajstić information content (AvgIpc) is 2.59. The van der Waals surface area contributed by atoms with Crippen LogP contribution in [0.2, 0.25) is 0 Å². The minimum atomic E-state index is -0.318. The van der Waals surface area contributed by atoms with E-state index in [9.17, 15) is 4.79 Å². The first kappa shape index (κ1) is 17.8. The van der Waals surface area contributed by atoms with E-state index in [4.69, 9.17) is 25.3 Å². The highest BCUT2D eigenvalue weighted by molar-refractivity contribution is 5.78. The molecule has 0 N–H and O–H groups in total. The van der Waals surface area contributed by atoms with Gasteiger partial charge in [0.25, 0.3) is 5.91 Å². The lowest BCUT2D eigenvalue weighted by molar-refractivity contribution is -0.133. The number of nitriles is 3. The van der Waals surface area contributed by atoms with Crippen molar-refractivity contribution in [2.45, 2.75) is 12.8 Å². The number of benzene rings is 1. The van der Waals surface area contributed by atoms with E-state index in [1.54, 1.807) is 12.1 Å². The molecule has 1 rings (SSSR count). The summed E-state index contributed by atoms with van der Waals surface area (Å²) in [7, 11) is 1.44. The Balaban J connectivity index is 2.71. The third-order valence-corrected chi connectivity index (χ3v) is 2.98. The van der Waals surface area contributed by atoms with Gasteiger partial charge >= 0.3 is 0 Å². The molecule has 0 aliphatic heterocycles. The Kier molecular flexibility index (Phi) is 7.47. The Morgan fingerprint density at radius 1 is 1.13 bits per heavy atom. The molecule has 118 valence electrons. The van der Waals surface area contributed by atoms with Gasteiger partial charge in [0.1, 0.15) is 0 Å². The second-order valence-electron chi connectivity index (χ2n) is 4.46. The molecule has 7 nitrogen and oxygen atoms in total. The molecule has 0 spiro atoms. The Morgan fingerprint density at radius 3 is 2.30 bits per heavy atom. The Bertz CT molecular complexity index is 649. The van der Waals surface area contributed by atoms with Crippen LogP contribution < -0.4 is 9.47 Å². The standard InChI is InChI=1S/C16H16N4O3/c1-22-15-10-13(11-19)4-5-14(15)23-12-16(21)20(8-2-6-17)9-3-7-18/h4-5,10H,2-3,8-9,12H2,1H3. The zero-order valence-corrected chi connectivity index (χ0v) is 12.8. The van der Waals surface area contributed by atoms with E-state index in [-0.39, 0.29) is 38.4 Å². The summed E-state index contributed by atoms with van der Waals surface area (Å²) in [6.07, 6.45) is 0.384. The van der Waals surface area contributed by atoms with Crippen molar-refractivity contribution in [2.24, 2.45) is 0 Å². The molecule has 0 heterocycles. The van der Waals surface area contributed by atoms with Crippen molar-refractivity contribution in [2.75, 3.05) is 26.8 Å². The maximum atomic E-state index is 12.1. The van der Waals surface area contributed by atoms with Crippen LogP contribution in [0.5, 0.6) is 11.5 Å². The molecule has 0 bridgehead atoms. The number of carbonyl (C=O) groups is 1. The second kappa shape index (κ2) is 9.65. The lowest BCUT2D eigenvalue weighted by atomic mass is 10.2. The number of hydrogen-bond acceptors (Lipinski definition) is 6. The zero-order valence-electron chi connectivity index (χ0n) is 12.8. The highest BCUT2D eigenvalue weighted by atomic mass is 16.5. The first-order valence-corrected chi connectivity index (χ1v) is 6.88. The van der Waals surface area contributed by atoms with Gasteiger partial charge in [-0.15, -0.1) is 0 Å². The second-order valence-corrected chi connectivity index (χ2v) is 4.46. The molecule has 1 aromatic rings. The van der Waals surface area contributed by atoms with Crippen LogP contribution in [-0.2, 0) is 4.79 Å². The molecule has 0 aliphatic rings. The largest absolute Gasteiger partial charge is 0.493 e. The Labute approximate surface area is 134 Å². The van der Waals surface area contributed by atoms with Crippen LogP contribution in [-0.4, -0.2) is 37.6 Å². The van der Waals surface area contributed by atoms with Crippen LogP contribution in [0.15, 0.2) is 18.2 Å². The van der Waals surface area contributed by atoms with Gasteiger partial charge in [-0.1, -0.05) is 0 Å². The van der Waals surface area contributed by atoms with Crippen molar-refractivity contribution in [3.63, 3.8) is 0 Å². The minimum absolute atomic E-state index is 0.192. The van der Waals surface area contributed by atoms with E-state index < -0.39 is 0 Å². The normalized spacial score (nSPS) is 9.13. The number of rotatable bonds is 8. The summed E-state index contributed by atoms with van der Waals surface area (Å²) in [5, 5.41) is 26.1. The molecule has 0 radical (unpaired) electrons. The maximum Gasteiger partial charge on any atom is 0.260 e. The molecule has 0 aliphatic carbocycles. The predicted octanol–water partition coefficient (Wildman–Crippen LogP) is 1.60. The fraction of sp³-hybridized carbons (Fsp3) is 0.375. The predicted molar refractivity (Wildman–Crippen MR) is 80.2 cm³/mol. The summed E-state index contributed by atoms with van der Waals surface area (Å²) in [5.74, 6) is 0.389. The molecule has 7 heteroatoms. The fourth-order valence-corrected chi connectivity index (χ4v) is 1.82. The zero-order chi connectivity index (χ0) is 17.1. The highest BCUT2D eigenvalue weighted by Crippen LogP contribution is 2.27. The summed E-state index contributed by atoms with van der Waals surface area (Å²) in [5.41, 5.74) is 0.421. The fourth-order valence-electron chi connectivity index (χ4n) is 1.82. The topological polar surface area (TPSA) is 110 Å². The Hall–Kier alpha value is -3.24. The van der Waals surface area contributed by atoms with Gasteiger partial charge in [0.15, 0.2) is 18.1 Å². The van der Waals surface area contributed by atoms with Gasteiger partial charge in [-0.3, -0.25) is 4.79 Å². The van der Waals surface area contributed by atoms with Crippen molar-refractivity contribution < 1.29 is 14.3 Å². The third-order valence-electron chi connectivity index (χ3n) is 2.98. The summed E-state index contributed by atoms with van der Waals surface area (Å²) in [6.45, 7) is 0.273. The smallest absolute Gasteiger partial charge is 0.260 e. The summed E-state index contributed by atoms with van der Waals surface area (Å²) < 4.78 is 10.6. The molecule has 0 fully saturated rings. The van der Waals surface area contributed by atoms with Gasteiger partial charge in [0.05, 0.1) is 43.7 Å². The van der Waals surface area contributed by atoms with Crippen LogP contribution in [0.3, 0.4) is 0 Å². The van der Waals surface area contributed by atoms with Crippen LogP contribution in [0, 0.1) is 34.0 Å². The average molecular weight is 312 g/mol. The van der Waals surface area contributed by atoms with E-state index in [1.807, 2.05) is 18.2 Å². The number of ether oxygens (including phenoxy) is 2. The SMILES string of the molecule is COc1cc(C#N)ccc1OCC(=O)N(CCC#N)CCC#N. The molecule has 0 saturated carbocycles. The molecule has 1 amide bonds. The van der Waals surface area contributed by atoms with Gasteiger partial charge < -0.3 is 14.4 Å². The lowest BCUT2D eigenvalue weighted by Gasteiger charge is -2.20. The van der Waals surface area contributed by atoms with Crippen LogP contribution in [0.4, 0.5) is 0 Å². The van der Waals surface area contributed by atoms with E-state index in [2.05, 4.69) is 0 Å². The number of carbonyl (C=O) groups excluding carboxylic acids is 1. The number of amides is 1. The molecule has 0 unspecified atom stereocenters. The van der Waals surface area contributed by atoms with Gasteiger partial charge in [0.2, 0.25) is 0 Å².